The van der Waals surface area contributed by atoms with Crippen molar-refractivity contribution in [3.8, 4) is 29.0 Å². The molecule has 2 N–H and O–H groups in total. The second-order valence-electron chi connectivity index (χ2n) is 8.92. The van der Waals surface area contributed by atoms with Crippen LogP contribution in [0.1, 0.15) is 40.9 Å². The van der Waals surface area contributed by atoms with Crippen molar-refractivity contribution >= 4 is 17.4 Å². The Morgan fingerprint density at radius 1 is 1.08 bits per heavy atom. The van der Waals surface area contributed by atoms with E-state index in [1.54, 1.807) is 48.4 Å². The largest absolute Gasteiger partial charge is 0.373 e. The lowest BCUT2D eigenvalue weighted by molar-refractivity contribution is 0.102. The third-order valence-electron chi connectivity index (χ3n) is 6.01. The number of aromatic nitrogens is 3. The van der Waals surface area contributed by atoms with E-state index in [1.165, 1.54) is 0 Å². The highest BCUT2D eigenvalue weighted by Gasteiger charge is 2.21. The summed E-state index contributed by atoms with van der Waals surface area (Å²) in [5.74, 6) is 0.347. The van der Waals surface area contributed by atoms with Gasteiger partial charge in [-0.2, -0.15) is 15.6 Å². The lowest BCUT2D eigenvalue weighted by atomic mass is 9.85. The van der Waals surface area contributed by atoms with Crippen LogP contribution in [0, 0.1) is 29.6 Å². The number of hydrogen-bond acceptors (Lipinski definition) is 6. The minimum absolute atomic E-state index is 0.268. The Balaban J connectivity index is 1.61. The summed E-state index contributed by atoms with van der Waals surface area (Å²) in [6, 6.07) is 18.9. The molecule has 0 radical (unpaired) electrons. The SMILES string of the molecule is CNc1cc(C#N)c(-c2cnn(-c3cc(NC(=O)c4cccc(C(C)(C)C#N)c4)ccc3C)c2)cn1. The topological polar surface area (TPSA) is 119 Å². The van der Waals surface area contributed by atoms with E-state index in [4.69, 9.17) is 0 Å². The average Bonchev–Trinajstić information content (AvgIpc) is 3.39. The molecule has 178 valence electrons. The predicted molar refractivity (Wildman–Crippen MR) is 139 cm³/mol. The number of benzene rings is 2. The van der Waals surface area contributed by atoms with Gasteiger partial charge < -0.3 is 10.6 Å². The van der Waals surface area contributed by atoms with Crippen molar-refractivity contribution in [3.05, 3.63) is 89.4 Å². The number of carbonyl (C=O) groups is 1. The van der Waals surface area contributed by atoms with E-state index in [1.807, 2.05) is 51.2 Å². The van der Waals surface area contributed by atoms with Gasteiger partial charge in [-0.3, -0.25) is 4.79 Å². The van der Waals surface area contributed by atoms with E-state index in [9.17, 15) is 15.3 Å². The number of amides is 1. The van der Waals surface area contributed by atoms with Crippen molar-refractivity contribution in [1.29, 1.82) is 10.5 Å². The molecule has 0 fully saturated rings. The third-order valence-corrected chi connectivity index (χ3v) is 6.01. The lowest BCUT2D eigenvalue weighted by Gasteiger charge is -2.16. The summed E-state index contributed by atoms with van der Waals surface area (Å²) < 4.78 is 1.71. The van der Waals surface area contributed by atoms with E-state index in [-0.39, 0.29) is 5.91 Å². The average molecular weight is 476 g/mol. The zero-order valence-corrected chi connectivity index (χ0v) is 20.5. The number of nitrogens with zero attached hydrogens (tertiary/aromatic N) is 5. The minimum atomic E-state index is -0.695. The summed E-state index contributed by atoms with van der Waals surface area (Å²) in [6.07, 6.45) is 5.17. The summed E-state index contributed by atoms with van der Waals surface area (Å²) in [5, 5.41) is 29.4. The van der Waals surface area contributed by atoms with Crippen LogP contribution in [0.3, 0.4) is 0 Å². The van der Waals surface area contributed by atoms with Crippen LogP contribution >= 0.6 is 0 Å². The molecule has 0 bridgehead atoms. The Bertz CT molecular complexity index is 1540. The molecule has 2 heterocycles. The van der Waals surface area contributed by atoms with Crippen molar-refractivity contribution in [2.75, 3.05) is 17.7 Å². The van der Waals surface area contributed by atoms with E-state index in [0.29, 0.717) is 28.2 Å². The molecule has 0 atom stereocenters. The molecule has 0 saturated heterocycles. The van der Waals surface area contributed by atoms with Crippen LogP contribution in [-0.2, 0) is 5.41 Å². The molecule has 0 aliphatic carbocycles. The number of nitrogens with one attached hydrogen (secondary N) is 2. The van der Waals surface area contributed by atoms with Gasteiger partial charge in [0.2, 0.25) is 0 Å². The molecule has 4 rings (SSSR count). The van der Waals surface area contributed by atoms with E-state index in [0.717, 1.165) is 22.4 Å². The monoisotopic (exact) mass is 475 g/mol. The Morgan fingerprint density at radius 3 is 2.61 bits per heavy atom. The first-order chi connectivity index (χ1) is 17.2. The fourth-order valence-corrected chi connectivity index (χ4v) is 3.76. The molecule has 8 heteroatoms. The first-order valence-corrected chi connectivity index (χ1v) is 11.3. The van der Waals surface area contributed by atoms with Gasteiger partial charge in [0.15, 0.2) is 0 Å². The molecule has 0 aliphatic heterocycles. The Kier molecular flexibility index (Phi) is 6.54. The molecule has 0 spiro atoms. The first kappa shape index (κ1) is 24.2. The highest BCUT2D eigenvalue weighted by molar-refractivity contribution is 6.04. The molecule has 0 aliphatic rings. The van der Waals surface area contributed by atoms with Gasteiger partial charge in [0.1, 0.15) is 5.82 Å². The molecule has 8 nitrogen and oxygen atoms in total. The minimum Gasteiger partial charge on any atom is -0.373 e. The lowest BCUT2D eigenvalue weighted by Crippen LogP contribution is -2.17. The molecule has 0 saturated carbocycles. The Morgan fingerprint density at radius 2 is 1.89 bits per heavy atom. The van der Waals surface area contributed by atoms with Crippen molar-refractivity contribution in [2.24, 2.45) is 0 Å². The molecular formula is C28H25N7O. The standard InChI is InChI=1S/C28H25N7O/c1-18-8-9-23(34-27(36)19-6-5-7-22(10-19)28(2,3)17-30)12-25(18)35-16-21(14-33-35)24-15-32-26(31-4)11-20(24)13-29/h5-12,14-16H,1-4H3,(H,31,32)(H,34,36). The summed E-state index contributed by atoms with van der Waals surface area (Å²) in [5.41, 5.74) is 4.85. The number of rotatable bonds is 6. The first-order valence-electron chi connectivity index (χ1n) is 11.3. The van der Waals surface area contributed by atoms with Crippen LogP contribution in [-0.4, -0.2) is 27.7 Å². The van der Waals surface area contributed by atoms with Gasteiger partial charge >= 0.3 is 0 Å². The summed E-state index contributed by atoms with van der Waals surface area (Å²) in [7, 11) is 1.75. The van der Waals surface area contributed by atoms with Crippen LogP contribution in [0.15, 0.2) is 67.1 Å². The second kappa shape index (κ2) is 9.73. The maximum absolute atomic E-state index is 13.0. The second-order valence-corrected chi connectivity index (χ2v) is 8.92. The number of hydrogen-bond donors (Lipinski definition) is 2. The summed E-state index contributed by atoms with van der Waals surface area (Å²) in [4.78, 5) is 17.3. The maximum atomic E-state index is 13.0. The number of aryl methyl sites for hydroxylation is 1. The van der Waals surface area contributed by atoms with Crippen molar-refractivity contribution < 1.29 is 4.79 Å². The van der Waals surface area contributed by atoms with Gasteiger partial charge in [-0.1, -0.05) is 18.2 Å². The highest BCUT2D eigenvalue weighted by atomic mass is 16.1. The molecule has 1 amide bonds. The number of carbonyl (C=O) groups excluding carboxylic acids is 1. The predicted octanol–water partition coefficient (Wildman–Crippen LogP) is 5.21. The van der Waals surface area contributed by atoms with Crippen LogP contribution in [0.25, 0.3) is 16.8 Å². The van der Waals surface area contributed by atoms with Crippen LogP contribution in [0.4, 0.5) is 11.5 Å². The number of nitriles is 2. The molecule has 36 heavy (non-hydrogen) atoms. The van der Waals surface area contributed by atoms with Crippen molar-refractivity contribution in [1.82, 2.24) is 14.8 Å². The van der Waals surface area contributed by atoms with Gasteiger partial charge in [0.25, 0.3) is 5.91 Å². The molecule has 4 aromatic rings. The van der Waals surface area contributed by atoms with E-state index < -0.39 is 5.41 Å². The maximum Gasteiger partial charge on any atom is 0.255 e. The third kappa shape index (κ3) is 4.79. The Labute approximate surface area is 209 Å². The van der Waals surface area contributed by atoms with Gasteiger partial charge in [-0.15, -0.1) is 0 Å². The molecule has 0 unspecified atom stereocenters. The quantitative estimate of drug-likeness (QED) is 0.395. The van der Waals surface area contributed by atoms with Crippen LogP contribution < -0.4 is 10.6 Å². The summed E-state index contributed by atoms with van der Waals surface area (Å²) >= 11 is 0. The normalized spacial score (nSPS) is 10.8. The van der Waals surface area contributed by atoms with Gasteiger partial charge in [0, 0.05) is 41.8 Å². The molecule has 2 aromatic carbocycles. The van der Waals surface area contributed by atoms with Gasteiger partial charge in [-0.25, -0.2) is 9.67 Å². The summed E-state index contributed by atoms with van der Waals surface area (Å²) in [6.45, 7) is 5.60. The van der Waals surface area contributed by atoms with Gasteiger partial charge in [0.05, 0.1) is 35.0 Å². The van der Waals surface area contributed by atoms with E-state index >= 15 is 0 Å². The van der Waals surface area contributed by atoms with Crippen LogP contribution in [0.5, 0.6) is 0 Å². The molecule has 2 aromatic heterocycles. The van der Waals surface area contributed by atoms with Crippen LogP contribution in [0.2, 0.25) is 0 Å². The number of pyridine rings is 1. The number of anilines is 2. The Hall–Kier alpha value is -4.95. The molecular weight excluding hydrogens is 450 g/mol. The zero-order valence-electron chi connectivity index (χ0n) is 20.5. The van der Waals surface area contributed by atoms with Crippen molar-refractivity contribution in [2.45, 2.75) is 26.2 Å². The highest BCUT2D eigenvalue weighted by Crippen LogP contribution is 2.27. The zero-order chi connectivity index (χ0) is 25.9. The fourth-order valence-electron chi connectivity index (χ4n) is 3.76. The smallest absolute Gasteiger partial charge is 0.255 e. The van der Waals surface area contributed by atoms with Crippen molar-refractivity contribution in [3.63, 3.8) is 0 Å². The fraction of sp³-hybridized carbons (Fsp3) is 0.179. The van der Waals surface area contributed by atoms with Gasteiger partial charge in [-0.05, 0) is 62.2 Å². The van der Waals surface area contributed by atoms with E-state index in [2.05, 4.69) is 32.9 Å².